The Labute approximate surface area is 159 Å². The van der Waals surface area contributed by atoms with Gasteiger partial charge in [-0.2, -0.15) is 0 Å². The zero-order valence-corrected chi connectivity index (χ0v) is 16.2. The summed E-state index contributed by atoms with van der Waals surface area (Å²) in [6.07, 6.45) is 5.44. The van der Waals surface area contributed by atoms with E-state index in [0.29, 0.717) is 12.4 Å². The Balaban J connectivity index is 1.58. The van der Waals surface area contributed by atoms with Crippen LogP contribution >= 0.6 is 0 Å². The maximum Gasteiger partial charge on any atom is 0.320 e. The first kappa shape index (κ1) is 18.6. The number of hydrogen-bond acceptors (Lipinski definition) is 3. The fraction of sp³-hybridized carbons (Fsp3) is 0.286. The number of rotatable bonds is 4. The van der Waals surface area contributed by atoms with Crippen molar-refractivity contribution in [2.24, 2.45) is 0 Å². The number of carbonyl (C=O) groups excluding carboxylic acids is 1. The molecule has 6 heteroatoms. The largest absolute Gasteiger partial charge is 0.334 e. The molecule has 27 heavy (non-hydrogen) atoms. The van der Waals surface area contributed by atoms with Crippen LogP contribution in [0, 0.1) is 6.92 Å². The molecule has 0 spiro atoms. The summed E-state index contributed by atoms with van der Waals surface area (Å²) in [4.78, 5) is 16.4. The highest BCUT2D eigenvalue weighted by Crippen LogP contribution is 2.21. The summed E-state index contributed by atoms with van der Waals surface area (Å²) in [7, 11) is 0. The smallest absolute Gasteiger partial charge is 0.320 e. The molecular formula is C21H25N5O. The zero-order chi connectivity index (χ0) is 19.4. The van der Waals surface area contributed by atoms with Crippen molar-refractivity contribution in [3.8, 4) is 5.69 Å². The molecule has 0 saturated heterocycles. The van der Waals surface area contributed by atoms with Crippen molar-refractivity contribution < 1.29 is 4.79 Å². The normalized spacial score (nSPS) is 11.3. The van der Waals surface area contributed by atoms with Gasteiger partial charge in [0.1, 0.15) is 0 Å². The van der Waals surface area contributed by atoms with Gasteiger partial charge < -0.3 is 5.32 Å². The van der Waals surface area contributed by atoms with Crippen LogP contribution in [0.4, 0.5) is 10.6 Å². The Morgan fingerprint density at radius 1 is 1.11 bits per heavy atom. The second-order valence-corrected chi connectivity index (χ2v) is 7.62. The summed E-state index contributed by atoms with van der Waals surface area (Å²) in [5, 5.41) is 9.98. The van der Waals surface area contributed by atoms with E-state index in [0.717, 1.165) is 16.8 Å². The van der Waals surface area contributed by atoms with E-state index in [1.54, 1.807) is 16.9 Å². The third kappa shape index (κ3) is 4.94. The number of aromatic nitrogens is 3. The molecule has 3 rings (SSSR count). The fourth-order valence-electron chi connectivity index (χ4n) is 2.57. The first-order chi connectivity index (χ1) is 12.8. The minimum Gasteiger partial charge on any atom is -0.334 e. The molecule has 0 aliphatic heterocycles. The minimum absolute atomic E-state index is 0.0219. The Morgan fingerprint density at radius 2 is 1.85 bits per heavy atom. The highest BCUT2D eigenvalue weighted by Gasteiger charge is 2.14. The van der Waals surface area contributed by atoms with Crippen LogP contribution in [0.5, 0.6) is 0 Å². The maximum absolute atomic E-state index is 12.2. The lowest BCUT2D eigenvalue weighted by atomic mass is 9.88. The third-order valence-corrected chi connectivity index (χ3v) is 4.24. The summed E-state index contributed by atoms with van der Waals surface area (Å²) in [6.45, 7) is 8.85. The molecule has 0 radical (unpaired) electrons. The second-order valence-electron chi connectivity index (χ2n) is 7.62. The van der Waals surface area contributed by atoms with Gasteiger partial charge in [-0.05, 0) is 35.6 Å². The number of nitrogens with one attached hydrogen (secondary N) is 2. The Hall–Kier alpha value is -3.15. The Morgan fingerprint density at radius 3 is 2.56 bits per heavy atom. The highest BCUT2D eigenvalue weighted by molar-refractivity contribution is 5.88. The van der Waals surface area contributed by atoms with Gasteiger partial charge in [-0.25, -0.2) is 9.48 Å². The van der Waals surface area contributed by atoms with Gasteiger partial charge >= 0.3 is 6.03 Å². The lowest BCUT2D eigenvalue weighted by molar-refractivity contribution is 0.251. The van der Waals surface area contributed by atoms with Crippen LogP contribution in [-0.4, -0.2) is 20.8 Å². The summed E-state index contributed by atoms with van der Waals surface area (Å²) in [6, 6.07) is 11.6. The standard InChI is InChI=1S/C21H25N5O/c1-15-5-7-18(8-6-15)26-10-9-19(25-26)24-20(27)23-13-16-11-17(14-22-12-16)21(2,3)4/h5-12,14H,13H2,1-4H3,(H2,23,24,25,27). The minimum atomic E-state index is -0.301. The molecule has 0 aliphatic carbocycles. The van der Waals surface area contributed by atoms with Crippen LogP contribution in [-0.2, 0) is 12.0 Å². The van der Waals surface area contributed by atoms with Gasteiger partial charge in [-0.15, -0.1) is 5.10 Å². The van der Waals surface area contributed by atoms with Gasteiger partial charge in [0, 0.05) is 31.2 Å². The predicted molar refractivity (Wildman–Crippen MR) is 107 cm³/mol. The van der Waals surface area contributed by atoms with Gasteiger partial charge in [0.15, 0.2) is 5.82 Å². The maximum atomic E-state index is 12.2. The molecule has 0 aliphatic rings. The van der Waals surface area contributed by atoms with Gasteiger partial charge in [0.2, 0.25) is 0 Å². The Kier molecular flexibility index (Phi) is 5.26. The van der Waals surface area contributed by atoms with E-state index in [1.807, 2.05) is 43.6 Å². The zero-order valence-electron chi connectivity index (χ0n) is 16.2. The van der Waals surface area contributed by atoms with Crippen LogP contribution in [0.25, 0.3) is 5.69 Å². The predicted octanol–water partition coefficient (Wildman–Crippen LogP) is 4.19. The number of nitrogens with zero attached hydrogens (tertiary/aromatic N) is 3. The number of aryl methyl sites for hydroxylation is 1. The summed E-state index contributed by atoms with van der Waals surface area (Å²) in [5.74, 6) is 0.495. The molecule has 0 unspecified atom stereocenters. The number of benzene rings is 1. The monoisotopic (exact) mass is 363 g/mol. The second kappa shape index (κ2) is 7.61. The molecule has 1 aromatic carbocycles. The fourth-order valence-corrected chi connectivity index (χ4v) is 2.57. The molecule has 2 amide bonds. The highest BCUT2D eigenvalue weighted by atomic mass is 16.2. The topological polar surface area (TPSA) is 71.8 Å². The van der Waals surface area contributed by atoms with Gasteiger partial charge in [-0.3, -0.25) is 10.3 Å². The van der Waals surface area contributed by atoms with Crippen molar-refractivity contribution in [3.63, 3.8) is 0 Å². The van der Waals surface area contributed by atoms with Gasteiger partial charge in [-0.1, -0.05) is 44.5 Å². The summed E-state index contributed by atoms with van der Waals surface area (Å²) >= 11 is 0. The van der Waals surface area contributed by atoms with E-state index in [4.69, 9.17) is 0 Å². The molecule has 6 nitrogen and oxygen atoms in total. The average molecular weight is 363 g/mol. The lowest BCUT2D eigenvalue weighted by Crippen LogP contribution is -2.28. The van der Waals surface area contributed by atoms with Crippen molar-refractivity contribution in [2.75, 3.05) is 5.32 Å². The first-order valence-corrected chi connectivity index (χ1v) is 8.93. The first-order valence-electron chi connectivity index (χ1n) is 8.93. The van der Waals surface area contributed by atoms with E-state index < -0.39 is 0 Å². The van der Waals surface area contributed by atoms with Crippen molar-refractivity contribution >= 4 is 11.8 Å². The molecule has 0 saturated carbocycles. The number of urea groups is 1. The van der Waals surface area contributed by atoms with Crippen molar-refractivity contribution in [1.82, 2.24) is 20.1 Å². The van der Waals surface area contributed by atoms with E-state index in [-0.39, 0.29) is 11.4 Å². The average Bonchev–Trinajstić information content (AvgIpc) is 3.08. The van der Waals surface area contributed by atoms with E-state index >= 15 is 0 Å². The molecular weight excluding hydrogens is 338 g/mol. The number of amides is 2. The summed E-state index contributed by atoms with van der Waals surface area (Å²) < 4.78 is 1.73. The number of pyridine rings is 1. The van der Waals surface area contributed by atoms with Crippen molar-refractivity contribution in [3.05, 3.63) is 71.7 Å². The van der Waals surface area contributed by atoms with Crippen molar-refractivity contribution in [1.29, 1.82) is 0 Å². The van der Waals surface area contributed by atoms with Crippen LogP contribution in [0.15, 0.2) is 55.0 Å². The molecule has 2 heterocycles. The number of anilines is 1. The van der Waals surface area contributed by atoms with E-state index in [9.17, 15) is 4.79 Å². The van der Waals surface area contributed by atoms with Gasteiger partial charge in [0.05, 0.1) is 5.69 Å². The molecule has 3 aromatic rings. The van der Waals surface area contributed by atoms with Crippen LogP contribution in [0.3, 0.4) is 0 Å². The van der Waals surface area contributed by atoms with Gasteiger partial charge in [0.25, 0.3) is 0 Å². The molecule has 140 valence electrons. The van der Waals surface area contributed by atoms with Crippen molar-refractivity contribution in [2.45, 2.75) is 39.7 Å². The quantitative estimate of drug-likeness (QED) is 0.730. The van der Waals surface area contributed by atoms with Crippen LogP contribution in [0.1, 0.15) is 37.5 Å². The third-order valence-electron chi connectivity index (χ3n) is 4.24. The van der Waals surface area contributed by atoms with E-state index in [1.165, 1.54) is 5.56 Å². The number of hydrogen-bond donors (Lipinski definition) is 2. The van der Waals surface area contributed by atoms with Crippen LogP contribution in [0.2, 0.25) is 0 Å². The number of carbonyl (C=O) groups is 1. The van der Waals surface area contributed by atoms with Crippen LogP contribution < -0.4 is 10.6 Å². The molecule has 0 bridgehead atoms. The van der Waals surface area contributed by atoms with E-state index in [2.05, 4.69) is 47.6 Å². The summed E-state index contributed by atoms with van der Waals surface area (Å²) in [5.41, 5.74) is 4.25. The lowest BCUT2D eigenvalue weighted by Gasteiger charge is -2.19. The molecule has 0 fully saturated rings. The molecule has 2 aromatic heterocycles. The SMILES string of the molecule is Cc1ccc(-n2ccc(NC(=O)NCc3cncc(C(C)(C)C)c3)n2)cc1. The molecule has 0 atom stereocenters. The molecule has 2 N–H and O–H groups in total. The Bertz CT molecular complexity index is 922.